The number of thioether (sulfide) groups is 1. The number of hydrogen-bond donors (Lipinski definition) is 2. The van der Waals surface area contributed by atoms with Crippen LogP contribution in [-0.2, 0) is 0 Å². The Morgan fingerprint density at radius 3 is 2.71 bits per heavy atom. The third-order valence-electron chi connectivity index (χ3n) is 4.57. The number of rotatable bonds is 7. The van der Waals surface area contributed by atoms with Crippen molar-refractivity contribution in [3.8, 4) is 0 Å². The van der Waals surface area contributed by atoms with Crippen molar-refractivity contribution in [2.75, 3.05) is 39.0 Å². The first-order valence-corrected chi connectivity index (χ1v) is 9.70. The average Bonchev–Trinajstić information content (AvgIpc) is 3.34. The molecule has 24 heavy (non-hydrogen) atoms. The maximum atomic E-state index is 4.33. The summed E-state index contributed by atoms with van der Waals surface area (Å²) in [6.45, 7) is 4.52. The Bertz CT molecular complexity index is 507. The summed E-state index contributed by atoms with van der Waals surface area (Å²) >= 11 is 1.87. The summed E-state index contributed by atoms with van der Waals surface area (Å²) in [6, 6.07) is 11.5. The molecule has 2 fully saturated rings. The summed E-state index contributed by atoms with van der Waals surface area (Å²) in [4.78, 5) is 8.32. The molecule has 1 aliphatic heterocycles. The predicted molar refractivity (Wildman–Crippen MR) is 115 cm³/mol. The van der Waals surface area contributed by atoms with E-state index < -0.39 is 0 Å². The van der Waals surface area contributed by atoms with Gasteiger partial charge in [-0.15, -0.1) is 35.7 Å². The zero-order chi connectivity index (χ0) is 15.9. The molecule has 1 heterocycles. The van der Waals surface area contributed by atoms with E-state index in [-0.39, 0.29) is 24.0 Å². The number of nitrogens with one attached hydrogen (secondary N) is 2. The highest BCUT2D eigenvalue weighted by Crippen LogP contribution is 2.31. The maximum absolute atomic E-state index is 4.33. The van der Waals surface area contributed by atoms with Gasteiger partial charge in [0.25, 0.3) is 0 Å². The summed E-state index contributed by atoms with van der Waals surface area (Å²) < 4.78 is 0. The van der Waals surface area contributed by atoms with Crippen LogP contribution in [0.2, 0.25) is 0 Å². The Morgan fingerprint density at radius 2 is 2.00 bits per heavy atom. The van der Waals surface area contributed by atoms with Crippen LogP contribution in [0, 0.1) is 5.92 Å². The first-order chi connectivity index (χ1) is 11.3. The van der Waals surface area contributed by atoms with Crippen molar-refractivity contribution >= 4 is 41.7 Å². The van der Waals surface area contributed by atoms with Crippen LogP contribution in [0.3, 0.4) is 0 Å². The molecule has 2 N–H and O–H groups in total. The summed E-state index contributed by atoms with van der Waals surface area (Å²) in [5.41, 5.74) is 0. The van der Waals surface area contributed by atoms with Crippen molar-refractivity contribution in [2.45, 2.75) is 30.2 Å². The van der Waals surface area contributed by atoms with Gasteiger partial charge in [-0.05, 0) is 43.9 Å². The lowest BCUT2D eigenvalue weighted by Crippen LogP contribution is -2.41. The molecule has 0 bridgehead atoms. The van der Waals surface area contributed by atoms with Gasteiger partial charge in [0.1, 0.15) is 0 Å². The SMILES string of the molecule is CN=C(NCCSc1ccccc1)NCC1CCN(C2CC2)C1.I. The molecule has 134 valence electrons. The average molecular weight is 460 g/mol. The molecule has 1 aliphatic carbocycles. The molecule has 0 radical (unpaired) electrons. The van der Waals surface area contributed by atoms with Gasteiger partial charge in [-0.3, -0.25) is 4.99 Å². The van der Waals surface area contributed by atoms with E-state index >= 15 is 0 Å². The van der Waals surface area contributed by atoms with E-state index in [1.165, 1.54) is 37.2 Å². The molecule has 1 unspecified atom stereocenters. The third-order valence-corrected chi connectivity index (χ3v) is 5.58. The van der Waals surface area contributed by atoms with Gasteiger partial charge in [0.15, 0.2) is 5.96 Å². The van der Waals surface area contributed by atoms with Crippen molar-refractivity contribution in [3.63, 3.8) is 0 Å². The third kappa shape index (κ3) is 6.44. The van der Waals surface area contributed by atoms with E-state index in [0.717, 1.165) is 36.8 Å². The standard InChI is InChI=1S/C18H28N4S.HI/c1-19-18(20-10-12-23-17-5-3-2-4-6-17)21-13-15-9-11-22(14-15)16-7-8-16;/h2-6,15-16H,7-14H2,1H3,(H2,19,20,21);1H. The minimum absolute atomic E-state index is 0. The number of aliphatic imine (C=N–C) groups is 1. The molecule has 4 nitrogen and oxygen atoms in total. The lowest BCUT2D eigenvalue weighted by Gasteiger charge is -2.17. The summed E-state index contributed by atoms with van der Waals surface area (Å²) in [6.07, 6.45) is 4.16. The molecule has 1 atom stereocenters. The number of benzene rings is 1. The van der Waals surface area contributed by atoms with E-state index in [9.17, 15) is 0 Å². The van der Waals surface area contributed by atoms with E-state index in [0.29, 0.717) is 0 Å². The highest BCUT2D eigenvalue weighted by atomic mass is 127. The normalized spacial score (nSPS) is 21.4. The Balaban J connectivity index is 0.00000208. The van der Waals surface area contributed by atoms with Gasteiger partial charge in [0.2, 0.25) is 0 Å². The first kappa shape index (κ1) is 19.8. The molecular formula is C18H29IN4S. The minimum atomic E-state index is 0. The van der Waals surface area contributed by atoms with E-state index in [1.54, 1.807) is 0 Å². The molecule has 6 heteroatoms. The number of likely N-dealkylation sites (tertiary alicyclic amines) is 1. The molecule has 1 aromatic carbocycles. The van der Waals surface area contributed by atoms with Crippen LogP contribution in [0.25, 0.3) is 0 Å². The fraction of sp³-hybridized carbons (Fsp3) is 0.611. The first-order valence-electron chi connectivity index (χ1n) is 8.71. The van der Waals surface area contributed by atoms with Crippen LogP contribution >= 0.6 is 35.7 Å². The Kier molecular flexibility index (Phi) is 8.69. The molecule has 1 saturated heterocycles. The minimum Gasteiger partial charge on any atom is -0.356 e. The summed E-state index contributed by atoms with van der Waals surface area (Å²) in [7, 11) is 1.85. The van der Waals surface area contributed by atoms with E-state index in [1.807, 2.05) is 18.8 Å². The Hall–Kier alpha value is -0.470. The molecular weight excluding hydrogens is 431 g/mol. The summed E-state index contributed by atoms with van der Waals surface area (Å²) in [5.74, 6) is 2.75. The topological polar surface area (TPSA) is 39.7 Å². The number of nitrogens with zero attached hydrogens (tertiary/aromatic N) is 2. The zero-order valence-corrected chi connectivity index (χ0v) is 17.6. The number of halogens is 1. The van der Waals surface area contributed by atoms with Gasteiger partial charge in [0.05, 0.1) is 0 Å². The van der Waals surface area contributed by atoms with Gasteiger partial charge in [-0.2, -0.15) is 0 Å². The van der Waals surface area contributed by atoms with Gasteiger partial charge < -0.3 is 15.5 Å². The number of hydrogen-bond acceptors (Lipinski definition) is 3. The highest BCUT2D eigenvalue weighted by Gasteiger charge is 2.34. The fourth-order valence-electron chi connectivity index (χ4n) is 3.12. The van der Waals surface area contributed by atoms with Gasteiger partial charge in [-0.1, -0.05) is 18.2 Å². The van der Waals surface area contributed by atoms with Crippen LogP contribution in [0.1, 0.15) is 19.3 Å². The summed E-state index contributed by atoms with van der Waals surface area (Å²) in [5, 5.41) is 6.91. The van der Waals surface area contributed by atoms with Crippen LogP contribution in [-0.4, -0.2) is 55.9 Å². The molecule has 0 spiro atoms. The molecule has 2 aliphatic rings. The van der Waals surface area contributed by atoms with Crippen molar-refractivity contribution in [3.05, 3.63) is 30.3 Å². The zero-order valence-electron chi connectivity index (χ0n) is 14.4. The molecule has 1 saturated carbocycles. The number of guanidine groups is 1. The maximum Gasteiger partial charge on any atom is 0.191 e. The highest BCUT2D eigenvalue weighted by molar-refractivity contribution is 14.0. The quantitative estimate of drug-likeness (QED) is 0.216. The van der Waals surface area contributed by atoms with Gasteiger partial charge in [-0.25, -0.2) is 0 Å². The molecule has 3 rings (SSSR count). The molecule has 0 amide bonds. The predicted octanol–water partition coefficient (Wildman–Crippen LogP) is 3.05. The van der Waals surface area contributed by atoms with Crippen LogP contribution in [0.5, 0.6) is 0 Å². The van der Waals surface area contributed by atoms with Crippen molar-refractivity contribution in [1.82, 2.24) is 15.5 Å². The van der Waals surface area contributed by atoms with E-state index in [4.69, 9.17) is 0 Å². The van der Waals surface area contributed by atoms with Gasteiger partial charge >= 0.3 is 0 Å². The Morgan fingerprint density at radius 1 is 1.21 bits per heavy atom. The van der Waals surface area contributed by atoms with Crippen molar-refractivity contribution < 1.29 is 0 Å². The van der Waals surface area contributed by atoms with Crippen molar-refractivity contribution in [2.24, 2.45) is 10.9 Å². The second-order valence-electron chi connectivity index (χ2n) is 6.42. The van der Waals surface area contributed by atoms with Crippen LogP contribution in [0.15, 0.2) is 40.2 Å². The van der Waals surface area contributed by atoms with Crippen LogP contribution in [0.4, 0.5) is 0 Å². The Labute approximate surface area is 167 Å². The monoisotopic (exact) mass is 460 g/mol. The second-order valence-corrected chi connectivity index (χ2v) is 7.59. The largest absolute Gasteiger partial charge is 0.356 e. The molecule has 0 aromatic heterocycles. The second kappa shape index (κ2) is 10.5. The smallest absolute Gasteiger partial charge is 0.191 e. The van der Waals surface area contributed by atoms with Gasteiger partial charge in [0, 0.05) is 43.4 Å². The molecule has 1 aromatic rings. The lowest BCUT2D eigenvalue weighted by atomic mass is 10.1. The van der Waals surface area contributed by atoms with Crippen LogP contribution < -0.4 is 10.6 Å². The fourth-order valence-corrected chi connectivity index (χ4v) is 3.91. The lowest BCUT2D eigenvalue weighted by molar-refractivity contribution is 0.314. The van der Waals surface area contributed by atoms with E-state index in [2.05, 4.69) is 50.9 Å². The van der Waals surface area contributed by atoms with Crippen molar-refractivity contribution in [1.29, 1.82) is 0 Å².